The lowest BCUT2D eigenvalue weighted by Crippen LogP contribution is -2.43. The van der Waals surface area contributed by atoms with Gasteiger partial charge >= 0.3 is 11.9 Å². The second kappa shape index (κ2) is 45.3. The molecular weight excluding hydrogens is 1820 g/mol. The predicted molar refractivity (Wildman–Crippen MR) is 484 cm³/mol. The number of hydrogen-bond donors (Lipinski definition) is 5. The summed E-state index contributed by atoms with van der Waals surface area (Å²) in [6, 6.07) is 32.4. The molecule has 3 aliphatic heterocycles. The van der Waals surface area contributed by atoms with Crippen molar-refractivity contribution in [2.45, 2.75) is 108 Å². The number of rotatable bonds is 32. The number of carbonyl (C=O) groups is 5. The number of amides is 3. The van der Waals surface area contributed by atoms with E-state index in [9.17, 15) is 63.8 Å². The number of hydrogen-bond acceptors (Lipinski definition) is 20. The zero-order valence-electron chi connectivity index (χ0n) is 73.8. The zero-order valence-corrected chi connectivity index (χ0v) is 76.1. The Bertz CT molecular complexity index is 6240. The molecule has 3 amide bonds. The molecule has 0 aliphatic carbocycles. The van der Waals surface area contributed by atoms with Crippen molar-refractivity contribution in [3.63, 3.8) is 0 Å². The summed E-state index contributed by atoms with van der Waals surface area (Å²) in [6.07, 6.45) is 5.19. The molecule has 10 aromatic carbocycles. The fraction of sp³-hybridized carbons (Fsp3) is 0.273. The highest BCUT2D eigenvalue weighted by Crippen LogP contribution is 2.50. The predicted octanol–water partition coefficient (Wildman–Crippen LogP) is 18.9. The van der Waals surface area contributed by atoms with E-state index in [-0.39, 0.29) is 34.2 Å². The molecule has 14 rings (SSSR count). The number of benzene rings is 10. The lowest BCUT2D eigenvalue weighted by molar-refractivity contribution is -0.143. The van der Waals surface area contributed by atoms with E-state index in [0.717, 1.165) is 101 Å². The van der Waals surface area contributed by atoms with Crippen LogP contribution in [-0.4, -0.2) is 142 Å². The molecule has 0 saturated heterocycles. The fourth-order valence-electron chi connectivity index (χ4n) is 15.8. The van der Waals surface area contributed by atoms with Crippen molar-refractivity contribution in [1.82, 2.24) is 20.9 Å². The third-order valence-corrected chi connectivity index (χ3v) is 24.1. The van der Waals surface area contributed by atoms with Gasteiger partial charge in [-0.1, -0.05) is 90.4 Å². The minimum atomic E-state index is -4.36. The molecule has 134 heavy (non-hydrogen) atoms. The largest absolute Gasteiger partial charge is 0.511 e. The van der Waals surface area contributed by atoms with Gasteiger partial charge in [0.1, 0.15) is 116 Å². The number of nitrogens with zero attached hydrogens (tertiary/aromatic N) is 1. The number of sulfonamides is 1. The summed E-state index contributed by atoms with van der Waals surface area (Å²) in [6.45, 7) is 10.5. The number of aromatic nitrogens is 1. The molecule has 1 aromatic heterocycles. The summed E-state index contributed by atoms with van der Waals surface area (Å²) in [4.78, 5) is 67.8. The number of methoxy groups -OCH3 is 6. The highest BCUT2D eigenvalue weighted by molar-refractivity contribution is 7.92. The second-order valence-electron chi connectivity index (χ2n) is 30.6. The van der Waals surface area contributed by atoms with Gasteiger partial charge in [0.2, 0.25) is 5.95 Å². The van der Waals surface area contributed by atoms with Crippen molar-refractivity contribution < 1.29 is 125 Å². The van der Waals surface area contributed by atoms with Crippen LogP contribution in [0, 0.1) is 46.7 Å². The number of aliphatic hydroxyl groups is 1. The van der Waals surface area contributed by atoms with Crippen LogP contribution in [0.3, 0.4) is 0 Å². The van der Waals surface area contributed by atoms with Gasteiger partial charge in [0.25, 0.3) is 27.7 Å². The van der Waals surface area contributed by atoms with Crippen molar-refractivity contribution in [3.8, 4) is 84.8 Å². The van der Waals surface area contributed by atoms with Gasteiger partial charge in [0.05, 0.1) is 113 Å². The van der Waals surface area contributed by atoms with Gasteiger partial charge in [0.15, 0.2) is 0 Å². The van der Waals surface area contributed by atoms with E-state index in [1.54, 1.807) is 58.8 Å². The summed E-state index contributed by atoms with van der Waals surface area (Å²) in [7, 11) is 4.20. The summed E-state index contributed by atoms with van der Waals surface area (Å²) in [5, 5.41) is 17.7. The van der Waals surface area contributed by atoms with Crippen molar-refractivity contribution in [1.29, 1.82) is 0 Å². The van der Waals surface area contributed by atoms with Crippen LogP contribution in [0.4, 0.5) is 40.8 Å². The number of carbonyl (C=O) groups excluding carboxylic acids is 5. The number of ether oxygens (including phenoxy) is 11. The first-order valence-corrected chi connectivity index (χ1v) is 44.3. The average Bonchev–Trinajstić information content (AvgIpc) is 0.769. The Morgan fingerprint density at radius 3 is 1.19 bits per heavy atom. The van der Waals surface area contributed by atoms with Crippen LogP contribution in [0.2, 0.25) is 10.0 Å². The van der Waals surface area contributed by atoms with E-state index in [2.05, 4.69) is 32.2 Å². The summed E-state index contributed by atoms with van der Waals surface area (Å²) in [5.74, 6) is -9.75. The summed E-state index contributed by atoms with van der Waals surface area (Å²) >= 11 is 12.6. The zero-order chi connectivity index (χ0) is 96.4. The van der Waals surface area contributed by atoms with Gasteiger partial charge in [-0.15, -0.1) is 0 Å². The Morgan fingerprint density at radius 1 is 0.463 bits per heavy atom. The molecule has 24 nitrogen and oxygen atoms in total. The molecule has 0 radical (unpaired) electrons. The number of fused-ring (bicyclic) bond motifs is 3. The Hall–Kier alpha value is -13.5. The standard InChI is InChI=1S/C42H40F3N3O9S.C31H33F2NO7.C26H20Cl2F3NO3/c1-5-56-23-24-17-35(53-2)38(36(18-24)54-3)30-13-10-27(40-31(30)7-6-16-57-40)19-34(42(50)55-4)47-41(49)39-32(43)21-28(22-33(39)44)48-58(51,52)29-11-8-25(9-12-29)26-14-15-46-37(45)20-26;1-5-40-17-18-14-25(37-2)27(26(15-18)38-3)20-12-11-19(29-21(20)8-7-13-41-29)16-24(31(36)39-4)34-30(35)28-22(32)9-6-10-23(28)33;1-13(33)22(32-26(34)24-20(30)5-2-6-21(24)31)10-14-7-8-16(17-4-3-9-35-25(14)17)23-18(27)11-15(29)12-19(23)28/h8-15,17-18,20-22,34,48H,5-7,16,19,23H2,1-4H3,(H,47,49);6,9-12,14-15,24H,5,7-8,13,16-17H2,1-4H3,(H,34,35);2,5-8,11-12,22,33H,1,3-4,9-10H2,(H,32,34)/t34-;24-;22-/m000/s1. The average molecular weight is 1910 g/mol. The van der Waals surface area contributed by atoms with E-state index in [1.807, 2.05) is 50.2 Å². The Kier molecular flexibility index (Phi) is 33.7. The molecule has 3 atom stereocenters. The normalized spacial score (nSPS) is 13.1. The Morgan fingerprint density at radius 2 is 0.828 bits per heavy atom. The molecule has 0 saturated carbocycles. The first-order valence-electron chi connectivity index (χ1n) is 42.1. The first kappa shape index (κ1) is 99.5. The van der Waals surface area contributed by atoms with E-state index < -0.39 is 133 Å². The van der Waals surface area contributed by atoms with Crippen LogP contribution in [0.1, 0.15) is 109 Å². The third kappa shape index (κ3) is 23.2. The number of nitrogens with one attached hydrogen (secondary N) is 4. The Balaban J connectivity index is 0.000000188. The van der Waals surface area contributed by atoms with E-state index >= 15 is 8.78 Å². The van der Waals surface area contributed by atoms with Gasteiger partial charge in [-0.2, -0.15) is 4.39 Å². The van der Waals surface area contributed by atoms with Crippen LogP contribution in [-0.2, 0) is 90.3 Å². The number of esters is 2. The van der Waals surface area contributed by atoms with Crippen LogP contribution in [0.25, 0.3) is 44.5 Å². The number of anilines is 1. The van der Waals surface area contributed by atoms with Crippen LogP contribution in [0.5, 0.6) is 40.2 Å². The number of aliphatic hydroxyl groups excluding tert-OH is 1. The topological polar surface area (TPSA) is 302 Å². The smallest absolute Gasteiger partial charge is 0.328 e. The lowest BCUT2D eigenvalue weighted by atomic mass is 9.89. The fourth-order valence-corrected chi connectivity index (χ4v) is 17.5. The summed E-state index contributed by atoms with van der Waals surface area (Å²) < 4.78 is 205. The number of halogens is 10. The van der Waals surface area contributed by atoms with Crippen LogP contribution < -0.4 is 53.8 Å². The van der Waals surface area contributed by atoms with E-state index in [0.29, 0.717) is 169 Å². The molecule has 0 spiro atoms. The SMILES string of the molecule is C=C(O)[C@H](Cc1ccc(-c2c(Cl)cc(F)cc2Cl)c2c1OCCC2)NC(=O)c1c(F)cccc1F.CCOCc1cc(OC)c(-c2ccc(C[C@H](NC(=O)c3c(F)cc(NS(=O)(=O)c4ccc(-c5ccnc(F)c5)cc4)cc3F)C(=O)OC)c3c2CCCO3)c(OC)c1.CCOCc1cc(OC)c(-c2ccc(C[C@H](NC(=O)c3c(F)cccc3F)C(=O)OC)c3c2CCCO3)c(OC)c1. The van der Waals surface area contributed by atoms with Crippen molar-refractivity contribution >= 4 is 68.6 Å². The molecule has 11 aromatic rings. The van der Waals surface area contributed by atoms with Gasteiger partial charge in [0, 0.05) is 67.0 Å². The molecule has 0 unspecified atom stereocenters. The molecule has 0 fully saturated rings. The van der Waals surface area contributed by atoms with Gasteiger partial charge in [-0.3, -0.25) is 19.1 Å². The highest BCUT2D eigenvalue weighted by Gasteiger charge is 2.36. The maximum Gasteiger partial charge on any atom is 0.328 e. The first-order chi connectivity index (χ1) is 64.4. The molecule has 35 heteroatoms. The maximum atomic E-state index is 15.5. The quantitative estimate of drug-likeness (QED) is 0.0113. The highest BCUT2D eigenvalue weighted by atomic mass is 35.5. The van der Waals surface area contributed by atoms with Crippen molar-refractivity contribution in [3.05, 3.63) is 294 Å². The van der Waals surface area contributed by atoms with Crippen LogP contribution >= 0.6 is 23.2 Å². The number of pyridine rings is 1. The van der Waals surface area contributed by atoms with Crippen molar-refractivity contribution in [2.24, 2.45) is 0 Å². The lowest BCUT2D eigenvalue weighted by Gasteiger charge is -2.26. The second-order valence-corrected chi connectivity index (χ2v) is 33.1. The van der Waals surface area contributed by atoms with E-state index in [4.69, 9.17) is 75.3 Å². The minimum absolute atomic E-state index is 0.0291. The maximum absolute atomic E-state index is 15.5. The van der Waals surface area contributed by atoms with Gasteiger partial charge < -0.3 is 73.2 Å². The molecule has 0 bridgehead atoms. The minimum Gasteiger partial charge on any atom is -0.511 e. The summed E-state index contributed by atoms with van der Waals surface area (Å²) in [5.41, 5.74) is 8.06. The van der Waals surface area contributed by atoms with Gasteiger partial charge in [-0.25, -0.2) is 53.7 Å². The molecule has 3 aliphatic rings. The molecule has 704 valence electrons. The Labute approximate surface area is 777 Å². The van der Waals surface area contributed by atoms with Crippen LogP contribution in [0.15, 0.2) is 181 Å². The third-order valence-electron chi connectivity index (χ3n) is 22.1. The molecular formula is C99H93Cl2F8N5O19S. The van der Waals surface area contributed by atoms with E-state index in [1.165, 1.54) is 55.8 Å². The molecule has 4 heterocycles. The van der Waals surface area contributed by atoms with Crippen molar-refractivity contribution in [2.75, 3.05) is 80.4 Å². The van der Waals surface area contributed by atoms with Gasteiger partial charge in [-0.05, 0) is 199 Å². The monoisotopic (exact) mass is 1910 g/mol. The molecule has 5 N–H and O–H groups in total.